The van der Waals surface area contributed by atoms with Gasteiger partial charge in [-0.2, -0.15) is 0 Å². The fourth-order valence-electron chi connectivity index (χ4n) is 3.59. The molecule has 1 saturated carbocycles. The van der Waals surface area contributed by atoms with Gasteiger partial charge in [-0.15, -0.1) is 0 Å². The molecule has 0 radical (unpaired) electrons. The van der Waals surface area contributed by atoms with Crippen LogP contribution in [0.3, 0.4) is 0 Å². The molecule has 0 N–H and O–H groups in total. The molecule has 3 nitrogen and oxygen atoms in total. The van der Waals surface area contributed by atoms with Gasteiger partial charge in [0.15, 0.2) is 0 Å². The van der Waals surface area contributed by atoms with Crippen LogP contribution in [0.25, 0.3) is 0 Å². The Morgan fingerprint density at radius 3 is 2.42 bits per heavy atom. The van der Waals surface area contributed by atoms with Crippen molar-refractivity contribution in [3.8, 4) is 0 Å². The number of hydrogen-bond acceptors (Lipinski definition) is 2. The summed E-state index contributed by atoms with van der Waals surface area (Å²) in [6.07, 6.45) is 7.56. The van der Waals surface area contributed by atoms with E-state index >= 15 is 0 Å². The Kier molecular flexibility index (Phi) is 4.62. The van der Waals surface area contributed by atoms with E-state index < -0.39 is 5.41 Å². The van der Waals surface area contributed by atoms with Gasteiger partial charge in [-0.1, -0.05) is 57.0 Å². The van der Waals surface area contributed by atoms with Crippen LogP contribution in [0.1, 0.15) is 63.5 Å². The van der Waals surface area contributed by atoms with Crippen LogP contribution in [0.5, 0.6) is 0 Å². The second kappa shape index (κ2) is 6.54. The molecule has 1 aromatic carbocycles. The minimum Gasteiger partial charge on any atom is -0.278 e. The van der Waals surface area contributed by atoms with Crippen LogP contribution in [0.2, 0.25) is 0 Å². The van der Waals surface area contributed by atoms with Crippen molar-refractivity contribution in [1.82, 2.24) is 4.90 Å². The van der Waals surface area contributed by atoms with E-state index in [0.29, 0.717) is 12.5 Å². The van der Waals surface area contributed by atoms with Crippen molar-refractivity contribution in [2.24, 2.45) is 5.92 Å². The molecule has 1 aliphatic heterocycles. The minimum absolute atomic E-state index is 0.0985. The summed E-state index contributed by atoms with van der Waals surface area (Å²) in [5.41, 5.74) is 1.58. The molecule has 128 valence electrons. The Hall–Kier alpha value is -1.90. The molecule has 1 aliphatic carbocycles. The highest BCUT2D eigenvalue weighted by atomic mass is 16.2. The third-order valence-corrected chi connectivity index (χ3v) is 5.55. The van der Waals surface area contributed by atoms with Gasteiger partial charge in [-0.25, -0.2) is 0 Å². The zero-order valence-electron chi connectivity index (χ0n) is 14.9. The van der Waals surface area contributed by atoms with Crippen LogP contribution in [0.4, 0.5) is 0 Å². The summed E-state index contributed by atoms with van der Waals surface area (Å²) in [6.45, 7) is 6.82. The number of benzene rings is 1. The van der Waals surface area contributed by atoms with E-state index in [9.17, 15) is 9.59 Å². The first-order chi connectivity index (χ1) is 11.5. The second-order valence-electron chi connectivity index (χ2n) is 7.48. The van der Waals surface area contributed by atoms with Crippen molar-refractivity contribution in [1.29, 1.82) is 0 Å². The molecule has 2 amide bonds. The number of carbonyl (C=O) groups excluding carboxylic acids is 2. The SMILES string of the molecule is CCCCCN1C(=O)C=CC(C)(c2ccc(C3C[C@H]3C)cc2)C1=O. The Bertz CT molecular complexity index is 661. The van der Waals surface area contributed by atoms with Gasteiger partial charge in [0, 0.05) is 12.6 Å². The average molecular weight is 325 g/mol. The third-order valence-electron chi connectivity index (χ3n) is 5.55. The van der Waals surface area contributed by atoms with Gasteiger partial charge in [0.05, 0.1) is 5.41 Å². The Balaban J connectivity index is 1.81. The lowest BCUT2D eigenvalue weighted by Crippen LogP contribution is -2.50. The first kappa shape index (κ1) is 16.9. The molecular formula is C21H27NO2. The van der Waals surface area contributed by atoms with E-state index in [1.165, 1.54) is 16.9 Å². The Morgan fingerprint density at radius 2 is 1.83 bits per heavy atom. The van der Waals surface area contributed by atoms with Crippen LogP contribution in [-0.4, -0.2) is 23.3 Å². The largest absolute Gasteiger partial charge is 0.278 e. The van der Waals surface area contributed by atoms with E-state index in [2.05, 4.69) is 38.1 Å². The summed E-state index contributed by atoms with van der Waals surface area (Å²) in [4.78, 5) is 26.5. The van der Waals surface area contributed by atoms with Gasteiger partial charge in [0.2, 0.25) is 5.91 Å². The van der Waals surface area contributed by atoms with Crippen LogP contribution >= 0.6 is 0 Å². The van der Waals surface area contributed by atoms with E-state index in [1.807, 2.05) is 6.92 Å². The maximum absolute atomic E-state index is 13.0. The summed E-state index contributed by atoms with van der Waals surface area (Å²) >= 11 is 0. The number of rotatable bonds is 6. The lowest BCUT2D eigenvalue weighted by Gasteiger charge is -2.34. The predicted molar refractivity (Wildman–Crippen MR) is 95.7 cm³/mol. The third kappa shape index (κ3) is 3.04. The quantitative estimate of drug-likeness (QED) is 0.581. The number of hydrogen-bond donors (Lipinski definition) is 0. The van der Waals surface area contributed by atoms with Crippen molar-refractivity contribution >= 4 is 11.8 Å². The summed E-state index contributed by atoms with van der Waals surface area (Å²) < 4.78 is 0. The van der Waals surface area contributed by atoms with E-state index in [-0.39, 0.29) is 11.8 Å². The molecule has 3 atom stereocenters. The second-order valence-corrected chi connectivity index (χ2v) is 7.48. The molecular weight excluding hydrogens is 298 g/mol. The van der Waals surface area contributed by atoms with Gasteiger partial charge in [-0.05, 0) is 42.7 Å². The van der Waals surface area contributed by atoms with Crippen LogP contribution < -0.4 is 0 Å². The van der Waals surface area contributed by atoms with E-state index in [4.69, 9.17) is 0 Å². The van der Waals surface area contributed by atoms with Crippen molar-refractivity contribution in [3.63, 3.8) is 0 Å². The van der Waals surface area contributed by atoms with Crippen LogP contribution in [0, 0.1) is 5.92 Å². The Morgan fingerprint density at radius 1 is 1.17 bits per heavy atom. The number of carbonyl (C=O) groups is 2. The number of nitrogens with zero attached hydrogens (tertiary/aromatic N) is 1. The summed E-state index contributed by atoms with van der Waals surface area (Å²) in [7, 11) is 0. The fraction of sp³-hybridized carbons (Fsp3) is 0.524. The van der Waals surface area contributed by atoms with Crippen molar-refractivity contribution in [2.75, 3.05) is 6.54 Å². The maximum atomic E-state index is 13.0. The van der Waals surface area contributed by atoms with Gasteiger partial charge < -0.3 is 0 Å². The smallest absolute Gasteiger partial charge is 0.252 e. The molecule has 2 aliphatic rings. The van der Waals surface area contributed by atoms with Crippen LogP contribution in [-0.2, 0) is 15.0 Å². The molecule has 0 saturated heterocycles. The molecule has 24 heavy (non-hydrogen) atoms. The van der Waals surface area contributed by atoms with Gasteiger partial charge in [0.25, 0.3) is 5.91 Å². The minimum atomic E-state index is -0.742. The normalized spacial score (nSPS) is 29.2. The van der Waals surface area contributed by atoms with Crippen molar-refractivity contribution in [3.05, 3.63) is 47.5 Å². The average Bonchev–Trinajstić information content (AvgIpc) is 3.31. The van der Waals surface area contributed by atoms with Gasteiger partial charge in [0.1, 0.15) is 0 Å². The molecule has 1 aromatic rings. The molecule has 2 unspecified atom stereocenters. The monoisotopic (exact) mass is 325 g/mol. The highest BCUT2D eigenvalue weighted by molar-refractivity contribution is 6.09. The van der Waals surface area contributed by atoms with E-state index in [0.717, 1.165) is 30.7 Å². The zero-order valence-corrected chi connectivity index (χ0v) is 14.9. The van der Waals surface area contributed by atoms with E-state index in [1.54, 1.807) is 12.2 Å². The molecule has 3 heteroatoms. The first-order valence-electron chi connectivity index (χ1n) is 9.13. The number of imide groups is 1. The summed E-state index contributed by atoms with van der Waals surface area (Å²) in [5.74, 6) is 1.17. The molecule has 0 aromatic heterocycles. The fourth-order valence-corrected chi connectivity index (χ4v) is 3.59. The number of amides is 2. The summed E-state index contributed by atoms with van der Waals surface area (Å²) in [6, 6.07) is 8.41. The summed E-state index contributed by atoms with van der Waals surface area (Å²) in [5, 5.41) is 0. The van der Waals surface area contributed by atoms with Crippen LogP contribution in [0.15, 0.2) is 36.4 Å². The van der Waals surface area contributed by atoms with Crippen molar-refractivity contribution in [2.45, 2.75) is 57.8 Å². The zero-order chi connectivity index (χ0) is 17.3. The maximum Gasteiger partial charge on any atom is 0.252 e. The van der Waals surface area contributed by atoms with Gasteiger partial charge >= 0.3 is 0 Å². The molecule has 1 fully saturated rings. The van der Waals surface area contributed by atoms with Gasteiger partial charge in [-0.3, -0.25) is 14.5 Å². The molecule has 1 heterocycles. The number of unbranched alkanes of at least 4 members (excludes halogenated alkanes) is 2. The molecule has 3 rings (SSSR count). The standard InChI is InChI=1S/C21H27NO2/c1-4-5-6-13-22-19(23)11-12-21(3,20(22)24)17-9-7-16(8-10-17)18-14-15(18)2/h7-12,15,18H,4-6,13-14H2,1-3H3/t15-,18?,21?/m1/s1. The highest BCUT2D eigenvalue weighted by Gasteiger charge is 2.41. The molecule has 0 spiro atoms. The predicted octanol–water partition coefficient (Wildman–Crippen LogP) is 4.18. The Labute approximate surface area is 144 Å². The highest BCUT2D eigenvalue weighted by Crippen LogP contribution is 2.47. The van der Waals surface area contributed by atoms with Crippen molar-refractivity contribution < 1.29 is 9.59 Å². The lowest BCUT2D eigenvalue weighted by molar-refractivity contribution is -0.146. The molecule has 0 bridgehead atoms. The topological polar surface area (TPSA) is 37.4 Å². The first-order valence-corrected chi connectivity index (χ1v) is 9.13. The lowest BCUT2D eigenvalue weighted by atomic mass is 9.78.